The summed E-state index contributed by atoms with van der Waals surface area (Å²) in [5.41, 5.74) is 6.28. The van der Waals surface area contributed by atoms with Crippen LogP contribution in [0.1, 0.15) is 0 Å². The number of anilines is 1. The molecule has 0 unspecified atom stereocenters. The molecule has 7 heteroatoms. The lowest BCUT2D eigenvalue weighted by Gasteiger charge is -2.26. The van der Waals surface area contributed by atoms with Crippen LogP contribution in [-0.2, 0) is 4.74 Å². The van der Waals surface area contributed by atoms with Gasteiger partial charge in [-0.3, -0.25) is 4.90 Å². The highest BCUT2D eigenvalue weighted by Gasteiger charge is 2.10. The first-order chi connectivity index (χ1) is 10.7. The van der Waals surface area contributed by atoms with Crippen molar-refractivity contribution < 1.29 is 14.2 Å². The number of benzene rings is 1. The van der Waals surface area contributed by atoms with E-state index >= 15 is 0 Å². The second kappa shape index (κ2) is 9.05. The van der Waals surface area contributed by atoms with Crippen LogP contribution in [0.2, 0.25) is 5.02 Å². The summed E-state index contributed by atoms with van der Waals surface area (Å²) in [5, 5.41) is 3.85. The van der Waals surface area contributed by atoms with Crippen molar-refractivity contribution in [2.45, 2.75) is 0 Å². The van der Waals surface area contributed by atoms with Crippen molar-refractivity contribution >= 4 is 17.3 Å². The molecular weight excluding hydrogens is 306 g/mol. The lowest BCUT2D eigenvalue weighted by atomic mass is 10.3. The van der Waals surface area contributed by atoms with Gasteiger partial charge in [-0.2, -0.15) is 0 Å². The highest BCUT2D eigenvalue weighted by Crippen LogP contribution is 2.34. The van der Waals surface area contributed by atoms with Crippen LogP contribution in [0.15, 0.2) is 12.1 Å². The molecule has 1 aromatic carbocycles. The number of nitrogens with one attached hydrogen (secondary N) is 1. The van der Waals surface area contributed by atoms with Gasteiger partial charge in [0.1, 0.15) is 18.1 Å². The molecule has 0 saturated carbocycles. The third-order valence-electron chi connectivity index (χ3n) is 3.53. The zero-order chi connectivity index (χ0) is 15.8. The van der Waals surface area contributed by atoms with Gasteiger partial charge < -0.3 is 25.3 Å². The molecule has 0 radical (unpaired) electrons. The second-order valence-corrected chi connectivity index (χ2v) is 5.48. The maximum atomic E-state index is 6.10. The Kier molecular flexibility index (Phi) is 7.05. The number of morpholine rings is 1. The number of nitrogens with two attached hydrogens (primary N) is 1. The number of hydrogen-bond acceptors (Lipinski definition) is 6. The fourth-order valence-electron chi connectivity index (χ4n) is 2.26. The zero-order valence-corrected chi connectivity index (χ0v) is 13.7. The predicted molar refractivity (Wildman–Crippen MR) is 88.0 cm³/mol. The minimum atomic E-state index is 0.492. The fourth-order valence-corrected chi connectivity index (χ4v) is 2.48. The van der Waals surface area contributed by atoms with E-state index in [1.807, 2.05) is 0 Å². The predicted octanol–water partition coefficient (Wildman–Crippen LogP) is 1.23. The summed E-state index contributed by atoms with van der Waals surface area (Å²) in [6.45, 7) is 6.95. The fraction of sp³-hybridized carbons (Fsp3) is 0.600. The first kappa shape index (κ1) is 17.1. The van der Waals surface area contributed by atoms with E-state index in [0.717, 1.165) is 45.9 Å². The third kappa shape index (κ3) is 5.21. The van der Waals surface area contributed by atoms with E-state index in [1.165, 1.54) is 0 Å². The largest absolute Gasteiger partial charge is 0.494 e. The van der Waals surface area contributed by atoms with Gasteiger partial charge in [0.05, 0.1) is 31.0 Å². The number of nitrogens with zero attached hydrogens (tertiary/aromatic N) is 1. The Bertz CT molecular complexity index is 468. The molecule has 0 amide bonds. The van der Waals surface area contributed by atoms with Crippen molar-refractivity contribution in [3.63, 3.8) is 0 Å². The van der Waals surface area contributed by atoms with Crippen LogP contribution in [-0.4, -0.2) is 64.6 Å². The van der Waals surface area contributed by atoms with Gasteiger partial charge in [0.2, 0.25) is 0 Å². The molecule has 0 aliphatic carbocycles. The van der Waals surface area contributed by atoms with Gasteiger partial charge in [-0.05, 0) is 6.07 Å². The Morgan fingerprint density at radius 3 is 2.77 bits per heavy atom. The van der Waals surface area contributed by atoms with Gasteiger partial charge in [0.25, 0.3) is 0 Å². The van der Waals surface area contributed by atoms with Crippen molar-refractivity contribution in [2.75, 3.05) is 65.4 Å². The van der Waals surface area contributed by atoms with E-state index in [2.05, 4.69) is 10.2 Å². The molecule has 3 N–H and O–H groups in total. The van der Waals surface area contributed by atoms with Crippen molar-refractivity contribution in [1.82, 2.24) is 10.2 Å². The van der Waals surface area contributed by atoms with Gasteiger partial charge in [-0.25, -0.2) is 0 Å². The van der Waals surface area contributed by atoms with Crippen LogP contribution < -0.4 is 20.5 Å². The summed E-state index contributed by atoms with van der Waals surface area (Å²) >= 11 is 6.10. The molecule has 1 fully saturated rings. The van der Waals surface area contributed by atoms with E-state index in [-0.39, 0.29) is 0 Å². The van der Waals surface area contributed by atoms with Crippen LogP contribution in [0.4, 0.5) is 5.69 Å². The second-order valence-electron chi connectivity index (χ2n) is 5.08. The van der Waals surface area contributed by atoms with Crippen LogP contribution in [0.3, 0.4) is 0 Å². The Balaban J connectivity index is 1.64. The number of hydrogen-bond donors (Lipinski definition) is 2. The standard InChI is InChI=1S/C15H24ClN3O3/c1-20-15-11-14(12(16)10-13(15)17)22-7-3-18-2-4-19-5-8-21-9-6-19/h10-11,18H,2-9,17H2,1H3. The van der Waals surface area contributed by atoms with E-state index in [0.29, 0.717) is 28.8 Å². The molecule has 0 atom stereocenters. The summed E-state index contributed by atoms with van der Waals surface area (Å²) in [5.74, 6) is 1.15. The SMILES string of the molecule is COc1cc(OCCNCCN2CCOCC2)c(Cl)cc1N. The molecule has 0 spiro atoms. The minimum absolute atomic E-state index is 0.492. The van der Waals surface area contributed by atoms with Gasteiger partial charge in [-0.1, -0.05) is 11.6 Å². The van der Waals surface area contributed by atoms with Crippen molar-refractivity contribution in [3.8, 4) is 11.5 Å². The molecular formula is C15H24ClN3O3. The molecule has 0 bridgehead atoms. The van der Waals surface area contributed by atoms with Crippen molar-refractivity contribution in [3.05, 3.63) is 17.2 Å². The Morgan fingerprint density at radius 1 is 1.27 bits per heavy atom. The molecule has 1 aromatic rings. The lowest BCUT2D eigenvalue weighted by Crippen LogP contribution is -2.40. The van der Waals surface area contributed by atoms with E-state index in [9.17, 15) is 0 Å². The third-order valence-corrected chi connectivity index (χ3v) is 3.82. The van der Waals surface area contributed by atoms with Crippen LogP contribution in [0.25, 0.3) is 0 Å². The Morgan fingerprint density at radius 2 is 2.05 bits per heavy atom. The van der Waals surface area contributed by atoms with E-state index in [1.54, 1.807) is 19.2 Å². The smallest absolute Gasteiger partial charge is 0.145 e. The molecule has 1 saturated heterocycles. The average molecular weight is 330 g/mol. The van der Waals surface area contributed by atoms with E-state index < -0.39 is 0 Å². The molecule has 124 valence electrons. The molecule has 0 aromatic heterocycles. The summed E-state index contributed by atoms with van der Waals surface area (Å²) in [7, 11) is 1.57. The molecule has 6 nitrogen and oxygen atoms in total. The molecule has 1 aliphatic rings. The monoisotopic (exact) mass is 329 g/mol. The first-order valence-corrected chi connectivity index (χ1v) is 7.85. The van der Waals surface area contributed by atoms with E-state index in [4.69, 9.17) is 31.5 Å². The van der Waals surface area contributed by atoms with Crippen LogP contribution in [0.5, 0.6) is 11.5 Å². The minimum Gasteiger partial charge on any atom is -0.494 e. The first-order valence-electron chi connectivity index (χ1n) is 7.47. The number of rotatable bonds is 8. The van der Waals surface area contributed by atoms with Gasteiger partial charge in [0.15, 0.2) is 0 Å². The van der Waals surface area contributed by atoms with Gasteiger partial charge >= 0.3 is 0 Å². The topological polar surface area (TPSA) is 69.0 Å². The van der Waals surface area contributed by atoms with Crippen molar-refractivity contribution in [1.29, 1.82) is 0 Å². The highest BCUT2D eigenvalue weighted by atomic mass is 35.5. The maximum absolute atomic E-state index is 6.10. The molecule has 1 heterocycles. The van der Waals surface area contributed by atoms with Gasteiger partial charge in [-0.15, -0.1) is 0 Å². The zero-order valence-electron chi connectivity index (χ0n) is 12.9. The summed E-state index contributed by atoms with van der Waals surface area (Å²) in [4.78, 5) is 2.39. The van der Waals surface area contributed by atoms with Crippen molar-refractivity contribution in [2.24, 2.45) is 0 Å². The molecule has 22 heavy (non-hydrogen) atoms. The number of nitrogen functional groups attached to an aromatic ring is 1. The van der Waals surface area contributed by atoms with Gasteiger partial charge in [0, 0.05) is 38.8 Å². The van der Waals surface area contributed by atoms with Crippen LogP contribution >= 0.6 is 11.6 Å². The number of ether oxygens (including phenoxy) is 3. The quantitative estimate of drug-likeness (QED) is 0.552. The Hall–Kier alpha value is -1.21. The average Bonchev–Trinajstić information content (AvgIpc) is 2.53. The summed E-state index contributed by atoms with van der Waals surface area (Å²) in [6.07, 6.45) is 0. The normalized spacial score (nSPS) is 15.7. The van der Waals surface area contributed by atoms with Crippen LogP contribution in [0, 0.1) is 0 Å². The molecule has 2 rings (SSSR count). The summed E-state index contributed by atoms with van der Waals surface area (Å²) in [6, 6.07) is 3.35. The maximum Gasteiger partial charge on any atom is 0.145 e. The number of halogens is 1. The molecule has 1 aliphatic heterocycles. The Labute approximate surface area is 136 Å². The highest BCUT2D eigenvalue weighted by molar-refractivity contribution is 6.32. The lowest BCUT2D eigenvalue weighted by molar-refractivity contribution is 0.0383. The number of methoxy groups -OCH3 is 1. The summed E-state index contributed by atoms with van der Waals surface area (Å²) < 4.78 is 16.1.